The SMILES string of the molecule is NCC(C(=O)N1CCN(C2CCC2)CC1)c1ccccc1. The molecule has 1 saturated heterocycles. The van der Waals surface area contributed by atoms with Gasteiger partial charge < -0.3 is 10.6 Å². The number of nitrogens with two attached hydrogens (primary N) is 1. The van der Waals surface area contributed by atoms with Gasteiger partial charge in [0.05, 0.1) is 5.92 Å². The van der Waals surface area contributed by atoms with Crippen molar-refractivity contribution < 1.29 is 4.79 Å². The first-order valence-corrected chi connectivity index (χ1v) is 8.07. The van der Waals surface area contributed by atoms with Crippen LogP contribution >= 0.6 is 0 Å². The molecule has 0 radical (unpaired) electrons. The van der Waals surface area contributed by atoms with Crippen LogP contribution in [0.1, 0.15) is 30.7 Å². The number of benzene rings is 1. The molecule has 1 saturated carbocycles. The van der Waals surface area contributed by atoms with Gasteiger partial charge in [0.15, 0.2) is 0 Å². The van der Waals surface area contributed by atoms with Crippen LogP contribution in [0.25, 0.3) is 0 Å². The minimum atomic E-state index is -0.193. The van der Waals surface area contributed by atoms with Crippen molar-refractivity contribution in [2.24, 2.45) is 5.73 Å². The Morgan fingerprint density at radius 3 is 2.33 bits per heavy atom. The first-order valence-electron chi connectivity index (χ1n) is 8.07. The van der Waals surface area contributed by atoms with Gasteiger partial charge in [0, 0.05) is 38.8 Å². The molecule has 4 heteroatoms. The molecule has 1 aliphatic heterocycles. The molecule has 0 aromatic heterocycles. The molecule has 21 heavy (non-hydrogen) atoms. The predicted molar refractivity (Wildman–Crippen MR) is 84.0 cm³/mol. The lowest BCUT2D eigenvalue weighted by Gasteiger charge is -2.43. The highest BCUT2D eigenvalue weighted by molar-refractivity contribution is 5.84. The van der Waals surface area contributed by atoms with Crippen LogP contribution in [-0.4, -0.2) is 54.5 Å². The topological polar surface area (TPSA) is 49.6 Å². The fourth-order valence-electron chi connectivity index (χ4n) is 3.34. The third-order valence-electron chi connectivity index (χ3n) is 4.95. The van der Waals surface area contributed by atoms with E-state index in [-0.39, 0.29) is 11.8 Å². The van der Waals surface area contributed by atoms with Crippen molar-refractivity contribution >= 4 is 5.91 Å². The molecule has 1 aromatic rings. The number of piperazine rings is 1. The van der Waals surface area contributed by atoms with Gasteiger partial charge in [0.2, 0.25) is 5.91 Å². The maximum atomic E-state index is 12.7. The third kappa shape index (κ3) is 3.11. The highest BCUT2D eigenvalue weighted by Gasteiger charge is 2.31. The van der Waals surface area contributed by atoms with E-state index >= 15 is 0 Å². The van der Waals surface area contributed by atoms with Gasteiger partial charge in [-0.3, -0.25) is 9.69 Å². The molecule has 4 nitrogen and oxygen atoms in total. The average Bonchev–Trinajstić information content (AvgIpc) is 2.48. The van der Waals surface area contributed by atoms with Gasteiger partial charge in [-0.15, -0.1) is 0 Å². The van der Waals surface area contributed by atoms with Crippen LogP contribution < -0.4 is 5.73 Å². The number of rotatable bonds is 4. The van der Waals surface area contributed by atoms with Crippen LogP contribution in [0.4, 0.5) is 0 Å². The number of amides is 1. The summed E-state index contributed by atoms with van der Waals surface area (Å²) < 4.78 is 0. The number of carbonyl (C=O) groups excluding carboxylic acids is 1. The van der Waals surface area contributed by atoms with E-state index in [9.17, 15) is 4.79 Å². The Balaban J connectivity index is 1.59. The van der Waals surface area contributed by atoms with Crippen LogP contribution in [0.3, 0.4) is 0 Å². The second-order valence-corrected chi connectivity index (χ2v) is 6.14. The molecule has 2 fully saturated rings. The molecule has 114 valence electrons. The summed E-state index contributed by atoms with van der Waals surface area (Å²) in [5.74, 6) is -0.00147. The highest BCUT2D eigenvalue weighted by atomic mass is 16.2. The van der Waals surface area contributed by atoms with Gasteiger partial charge >= 0.3 is 0 Å². The molecule has 3 rings (SSSR count). The lowest BCUT2D eigenvalue weighted by atomic mass is 9.91. The zero-order valence-corrected chi connectivity index (χ0v) is 12.6. The first-order chi connectivity index (χ1) is 10.3. The minimum Gasteiger partial charge on any atom is -0.340 e. The van der Waals surface area contributed by atoms with Crippen molar-refractivity contribution in [1.82, 2.24) is 9.80 Å². The van der Waals surface area contributed by atoms with Crippen LogP contribution in [0.5, 0.6) is 0 Å². The summed E-state index contributed by atoms with van der Waals surface area (Å²) in [6.45, 7) is 4.11. The summed E-state index contributed by atoms with van der Waals surface area (Å²) in [4.78, 5) is 17.3. The van der Waals surface area contributed by atoms with E-state index in [0.29, 0.717) is 6.54 Å². The molecule has 2 N–H and O–H groups in total. The monoisotopic (exact) mass is 287 g/mol. The second kappa shape index (κ2) is 6.58. The van der Waals surface area contributed by atoms with Gasteiger partial charge in [0.1, 0.15) is 0 Å². The number of nitrogens with zero attached hydrogens (tertiary/aromatic N) is 2. The summed E-state index contributed by atoms with van der Waals surface area (Å²) in [6, 6.07) is 10.7. The highest BCUT2D eigenvalue weighted by Crippen LogP contribution is 2.26. The van der Waals surface area contributed by atoms with Crippen molar-refractivity contribution in [3.05, 3.63) is 35.9 Å². The Labute approximate surface area is 126 Å². The van der Waals surface area contributed by atoms with Crippen LogP contribution in [-0.2, 0) is 4.79 Å². The van der Waals surface area contributed by atoms with E-state index in [1.165, 1.54) is 19.3 Å². The quantitative estimate of drug-likeness (QED) is 0.911. The predicted octanol–water partition coefficient (Wildman–Crippen LogP) is 1.43. The molecule has 0 bridgehead atoms. The van der Waals surface area contributed by atoms with Gasteiger partial charge in [0.25, 0.3) is 0 Å². The van der Waals surface area contributed by atoms with E-state index in [4.69, 9.17) is 5.73 Å². The smallest absolute Gasteiger partial charge is 0.231 e. The number of hydrogen-bond acceptors (Lipinski definition) is 3. The Hall–Kier alpha value is -1.39. The minimum absolute atomic E-state index is 0.192. The van der Waals surface area contributed by atoms with Crippen LogP contribution in [0.15, 0.2) is 30.3 Å². The molecule has 0 spiro atoms. The number of hydrogen-bond donors (Lipinski definition) is 1. The van der Waals surface area contributed by atoms with Gasteiger partial charge in [-0.25, -0.2) is 0 Å². The fourth-order valence-corrected chi connectivity index (χ4v) is 3.34. The van der Waals surface area contributed by atoms with Gasteiger partial charge in [-0.2, -0.15) is 0 Å². The molecular formula is C17H25N3O. The van der Waals surface area contributed by atoms with Crippen molar-refractivity contribution in [2.45, 2.75) is 31.2 Å². The van der Waals surface area contributed by atoms with Crippen molar-refractivity contribution in [3.8, 4) is 0 Å². The molecule has 1 unspecified atom stereocenters. The molecule has 1 aromatic carbocycles. The summed E-state index contributed by atoms with van der Waals surface area (Å²) in [7, 11) is 0. The zero-order chi connectivity index (χ0) is 14.7. The molecule has 2 aliphatic rings. The molecule has 1 aliphatic carbocycles. The molecule has 1 atom stereocenters. The second-order valence-electron chi connectivity index (χ2n) is 6.14. The first kappa shape index (κ1) is 14.5. The van der Waals surface area contributed by atoms with Crippen molar-refractivity contribution in [3.63, 3.8) is 0 Å². The Kier molecular flexibility index (Phi) is 4.56. The summed E-state index contributed by atoms with van der Waals surface area (Å²) in [6.07, 6.45) is 4.04. The Bertz CT molecular complexity index is 464. The zero-order valence-electron chi connectivity index (χ0n) is 12.6. The third-order valence-corrected chi connectivity index (χ3v) is 4.95. The summed E-state index contributed by atoms with van der Waals surface area (Å²) in [5, 5.41) is 0. The fraction of sp³-hybridized carbons (Fsp3) is 0.588. The van der Waals surface area contributed by atoms with Gasteiger partial charge in [-0.05, 0) is 18.4 Å². The van der Waals surface area contributed by atoms with Crippen LogP contribution in [0, 0.1) is 0 Å². The van der Waals surface area contributed by atoms with E-state index in [1.807, 2.05) is 35.2 Å². The number of carbonyl (C=O) groups is 1. The van der Waals surface area contributed by atoms with Crippen molar-refractivity contribution in [2.75, 3.05) is 32.7 Å². The van der Waals surface area contributed by atoms with Crippen molar-refractivity contribution in [1.29, 1.82) is 0 Å². The van der Waals surface area contributed by atoms with Crippen LogP contribution in [0.2, 0.25) is 0 Å². The maximum absolute atomic E-state index is 12.7. The van der Waals surface area contributed by atoms with E-state index in [1.54, 1.807) is 0 Å². The molecule has 1 amide bonds. The summed E-state index contributed by atoms with van der Waals surface area (Å²) in [5.41, 5.74) is 6.89. The largest absolute Gasteiger partial charge is 0.340 e. The summed E-state index contributed by atoms with van der Waals surface area (Å²) >= 11 is 0. The standard InChI is InChI=1S/C17H25N3O/c18-13-16(14-5-2-1-3-6-14)17(21)20-11-9-19(10-12-20)15-7-4-8-15/h1-3,5-6,15-16H,4,7-13,18H2. The normalized spacial score (nSPS) is 21.9. The average molecular weight is 287 g/mol. The van der Waals surface area contributed by atoms with E-state index < -0.39 is 0 Å². The lowest BCUT2D eigenvalue weighted by Crippen LogP contribution is -2.54. The van der Waals surface area contributed by atoms with Gasteiger partial charge in [-0.1, -0.05) is 36.8 Å². The van der Waals surface area contributed by atoms with E-state index in [2.05, 4.69) is 4.90 Å². The van der Waals surface area contributed by atoms with E-state index in [0.717, 1.165) is 37.8 Å². The Morgan fingerprint density at radius 1 is 1.14 bits per heavy atom. The Morgan fingerprint density at radius 2 is 1.81 bits per heavy atom. The molecular weight excluding hydrogens is 262 g/mol. The maximum Gasteiger partial charge on any atom is 0.231 e. The molecule has 1 heterocycles. The lowest BCUT2D eigenvalue weighted by molar-refractivity contribution is -0.135.